The summed E-state index contributed by atoms with van der Waals surface area (Å²) in [6.45, 7) is 5.57. The second kappa shape index (κ2) is 8.44. The van der Waals surface area contributed by atoms with Gasteiger partial charge in [0.05, 0.1) is 12.3 Å². The molecular weight excluding hydrogens is 400 g/mol. The number of amides is 2. The second-order valence-electron chi connectivity index (χ2n) is 7.82. The van der Waals surface area contributed by atoms with Gasteiger partial charge in [0, 0.05) is 18.0 Å². The molecule has 1 aliphatic heterocycles. The molecule has 1 aromatic heterocycles. The summed E-state index contributed by atoms with van der Waals surface area (Å²) in [5.74, 6) is -1.02. The van der Waals surface area contributed by atoms with Gasteiger partial charge in [-0.1, -0.05) is 32.4 Å². The van der Waals surface area contributed by atoms with E-state index in [1.807, 2.05) is 0 Å². The van der Waals surface area contributed by atoms with Gasteiger partial charge in [-0.15, -0.1) is 5.10 Å². The van der Waals surface area contributed by atoms with Crippen LogP contribution in [0.4, 0.5) is 0 Å². The first-order valence-corrected chi connectivity index (χ1v) is 9.50. The van der Waals surface area contributed by atoms with Gasteiger partial charge in [0.15, 0.2) is 0 Å². The minimum atomic E-state index is -1.28. The molecule has 11 heteroatoms. The number of hydroxylamine groups is 2. The standard InChI is InChI=1S/C18H23ClN6O4/c1-18(2,3)15(26)17(28)25-14(6-7-29-25)16(27)20-9-11-8-12(19)4-5-13(11)24-10-21-22-23-24/h4-5,8,10,14-15,26H,6-7,9H2,1-3H3,(H,20,27)/t14-,15-/m0/s1. The number of tetrazole rings is 1. The lowest BCUT2D eigenvalue weighted by molar-refractivity contribution is -0.192. The number of halogens is 1. The average molecular weight is 423 g/mol. The van der Waals surface area contributed by atoms with Gasteiger partial charge < -0.3 is 10.4 Å². The summed E-state index contributed by atoms with van der Waals surface area (Å²) in [4.78, 5) is 30.6. The van der Waals surface area contributed by atoms with Gasteiger partial charge in [0.25, 0.3) is 5.91 Å². The lowest BCUT2D eigenvalue weighted by atomic mass is 9.88. The van der Waals surface area contributed by atoms with Crippen LogP contribution in [-0.4, -0.2) is 60.9 Å². The summed E-state index contributed by atoms with van der Waals surface area (Å²) in [5, 5.41) is 25.6. The van der Waals surface area contributed by atoms with E-state index in [1.165, 1.54) is 11.0 Å². The monoisotopic (exact) mass is 422 g/mol. The van der Waals surface area contributed by atoms with Crippen LogP contribution in [0.2, 0.25) is 5.02 Å². The van der Waals surface area contributed by atoms with E-state index in [-0.39, 0.29) is 19.1 Å². The van der Waals surface area contributed by atoms with E-state index in [2.05, 4.69) is 20.8 Å². The van der Waals surface area contributed by atoms with Crippen molar-refractivity contribution in [2.75, 3.05) is 6.61 Å². The molecule has 2 heterocycles. The number of benzene rings is 1. The van der Waals surface area contributed by atoms with Crippen LogP contribution < -0.4 is 5.32 Å². The minimum absolute atomic E-state index is 0.148. The molecule has 0 aliphatic carbocycles. The van der Waals surface area contributed by atoms with E-state index in [1.54, 1.807) is 39.0 Å². The molecule has 29 heavy (non-hydrogen) atoms. The zero-order chi connectivity index (χ0) is 21.2. The number of aliphatic hydroxyl groups excluding tert-OH is 1. The molecule has 3 rings (SSSR count). The summed E-state index contributed by atoms with van der Waals surface area (Å²) in [5.41, 5.74) is 0.689. The Kier molecular flexibility index (Phi) is 6.15. The van der Waals surface area contributed by atoms with Crippen LogP contribution in [-0.2, 0) is 21.0 Å². The number of carbonyl (C=O) groups excluding carboxylic acids is 2. The van der Waals surface area contributed by atoms with Gasteiger partial charge in [-0.3, -0.25) is 14.4 Å². The summed E-state index contributed by atoms with van der Waals surface area (Å²) in [7, 11) is 0. The fourth-order valence-electron chi connectivity index (χ4n) is 2.91. The molecule has 0 bridgehead atoms. The molecule has 156 valence electrons. The molecule has 1 aliphatic rings. The SMILES string of the molecule is CC(C)(C)[C@@H](O)C(=O)N1OCC[C@H]1C(=O)NCc1cc(Cl)ccc1-n1cnnn1. The molecule has 0 radical (unpaired) electrons. The highest BCUT2D eigenvalue weighted by Crippen LogP contribution is 2.25. The third kappa shape index (κ3) is 4.72. The lowest BCUT2D eigenvalue weighted by Crippen LogP contribution is -2.51. The molecular formula is C18H23ClN6O4. The Balaban J connectivity index is 1.71. The Morgan fingerprint density at radius 3 is 2.83 bits per heavy atom. The van der Waals surface area contributed by atoms with Crippen LogP contribution in [0.3, 0.4) is 0 Å². The molecule has 10 nitrogen and oxygen atoms in total. The number of nitrogens with one attached hydrogen (secondary N) is 1. The number of hydrogen-bond acceptors (Lipinski definition) is 7. The third-order valence-electron chi connectivity index (χ3n) is 4.57. The van der Waals surface area contributed by atoms with Crippen molar-refractivity contribution in [3.05, 3.63) is 35.1 Å². The van der Waals surface area contributed by atoms with Crippen LogP contribution in [0, 0.1) is 5.41 Å². The average Bonchev–Trinajstić information content (AvgIpc) is 3.36. The first kappa shape index (κ1) is 21.2. The Bertz CT molecular complexity index is 883. The Labute approximate surface area is 172 Å². The fraction of sp³-hybridized carbons (Fsp3) is 0.500. The normalized spacial score (nSPS) is 18.0. The second-order valence-corrected chi connectivity index (χ2v) is 8.25. The Morgan fingerprint density at radius 2 is 2.17 bits per heavy atom. The molecule has 1 fully saturated rings. The van der Waals surface area contributed by atoms with Crippen LogP contribution in [0.15, 0.2) is 24.5 Å². The zero-order valence-corrected chi connectivity index (χ0v) is 17.1. The number of aliphatic hydroxyl groups is 1. The predicted octanol–water partition coefficient (Wildman–Crippen LogP) is 0.871. The van der Waals surface area contributed by atoms with Gasteiger partial charge >= 0.3 is 0 Å². The predicted molar refractivity (Wildman–Crippen MR) is 103 cm³/mol. The molecule has 2 atom stereocenters. The van der Waals surface area contributed by atoms with E-state index < -0.39 is 23.5 Å². The van der Waals surface area contributed by atoms with Crippen molar-refractivity contribution in [3.63, 3.8) is 0 Å². The van der Waals surface area contributed by atoms with Crippen molar-refractivity contribution in [3.8, 4) is 5.69 Å². The summed E-state index contributed by atoms with van der Waals surface area (Å²) in [6, 6.07) is 4.32. The minimum Gasteiger partial charge on any atom is -0.383 e. The van der Waals surface area contributed by atoms with E-state index in [4.69, 9.17) is 16.4 Å². The number of hydrogen-bond donors (Lipinski definition) is 2. The highest BCUT2D eigenvalue weighted by molar-refractivity contribution is 6.30. The fourth-order valence-corrected chi connectivity index (χ4v) is 3.10. The van der Waals surface area contributed by atoms with Crippen molar-refractivity contribution < 1.29 is 19.5 Å². The number of carbonyl (C=O) groups is 2. The van der Waals surface area contributed by atoms with E-state index in [0.29, 0.717) is 22.7 Å². The van der Waals surface area contributed by atoms with Crippen molar-refractivity contribution >= 4 is 23.4 Å². The van der Waals surface area contributed by atoms with Crippen molar-refractivity contribution in [2.45, 2.75) is 45.9 Å². The Hall–Kier alpha value is -2.56. The van der Waals surface area contributed by atoms with Crippen LogP contribution >= 0.6 is 11.6 Å². The molecule has 0 saturated carbocycles. The van der Waals surface area contributed by atoms with Gasteiger partial charge in [-0.2, -0.15) is 0 Å². The molecule has 2 amide bonds. The molecule has 1 aromatic carbocycles. The number of nitrogens with zero attached hydrogens (tertiary/aromatic N) is 5. The van der Waals surface area contributed by atoms with E-state index >= 15 is 0 Å². The molecule has 1 saturated heterocycles. The van der Waals surface area contributed by atoms with Crippen LogP contribution in [0.1, 0.15) is 32.8 Å². The van der Waals surface area contributed by atoms with Crippen molar-refractivity contribution in [2.24, 2.45) is 5.41 Å². The third-order valence-corrected chi connectivity index (χ3v) is 4.80. The highest BCUT2D eigenvalue weighted by atomic mass is 35.5. The van der Waals surface area contributed by atoms with Crippen LogP contribution in [0.25, 0.3) is 5.69 Å². The quantitative estimate of drug-likeness (QED) is 0.732. The summed E-state index contributed by atoms with van der Waals surface area (Å²) >= 11 is 6.09. The van der Waals surface area contributed by atoms with Gasteiger partial charge in [0.1, 0.15) is 18.5 Å². The van der Waals surface area contributed by atoms with Crippen molar-refractivity contribution in [1.82, 2.24) is 30.6 Å². The smallest absolute Gasteiger partial charge is 0.276 e. The molecule has 2 aromatic rings. The van der Waals surface area contributed by atoms with Gasteiger partial charge in [-0.05, 0) is 39.6 Å². The van der Waals surface area contributed by atoms with Gasteiger partial charge in [-0.25, -0.2) is 9.75 Å². The van der Waals surface area contributed by atoms with E-state index in [0.717, 1.165) is 5.06 Å². The maximum absolute atomic E-state index is 12.7. The zero-order valence-electron chi connectivity index (χ0n) is 16.4. The number of aromatic nitrogens is 4. The lowest BCUT2D eigenvalue weighted by Gasteiger charge is -2.30. The molecule has 2 N–H and O–H groups in total. The Morgan fingerprint density at radius 1 is 1.41 bits per heavy atom. The molecule has 0 spiro atoms. The maximum Gasteiger partial charge on any atom is 0.276 e. The van der Waals surface area contributed by atoms with Gasteiger partial charge in [0.2, 0.25) is 5.91 Å². The largest absolute Gasteiger partial charge is 0.383 e. The van der Waals surface area contributed by atoms with Crippen molar-refractivity contribution in [1.29, 1.82) is 0 Å². The van der Waals surface area contributed by atoms with Crippen LogP contribution in [0.5, 0.6) is 0 Å². The van der Waals surface area contributed by atoms with E-state index in [9.17, 15) is 14.7 Å². The molecule has 0 unspecified atom stereocenters. The first-order valence-electron chi connectivity index (χ1n) is 9.12. The number of rotatable bonds is 5. The first-order chi connectivity index (χ1) is 13.7. The summed E-state index contributed by atoms with van der Waals surface area (Å²) < 4.78 is 1.46. The maximum atomic E-state index is 12.7. The summed E-state index contributed by atoms with van der Waals surface area (Å²) in [6.07, 6.45) is 0.493. The highest BCUT2D eigenvalue weighted by Gasteiger charge is 2.41. The topological polar surface area (TPSA) is 122 Å².